The number of likely N-dealkylation sites (tertiary alicyclic amines) is 1. The first-order chi connectivity index (χ1) is 16.4. The van der Waals surface area contributed by atoms with Crippen molar-refractivity contribution in [3.05, 3.63) is 64.6 Å². The van der Waals surface area contributed by atoms with Crippen molar-refractivity contribution in [1.29, 1.82) is 0 Å². The molecular weight excluding hydrogens is 454 g/mol. The Bertz CT molecular complexity index is 1160. The number of nitrogens with one attached hydrogen (secondary N) is 1. The van der Waals surface area contributed by atoms with E-state index in [9.17, 15) is 19.2 Å². The van der Waals surface area contributed by atoms with Crippen LogP contribution in [0.4, 0.5) is 10.5 Å². The predicted octanol–water partition coefficient (Wildman–Crippen LogP) is 3.67. The zero-order valence-corrected chi connectivity index (χ0v) is 19.6. The van der Waals surface area contributed by atoms with Crippen LogP contribution in [-0.4, -0.2) is 59.0 Å². The first-order valence-electron chi connectivity index (χ1n) is 11.0. The van der Waals surface area contributed by atoms with Gasteiger partial charge in [-0.15, -0.1) is 0 Å². The highest BCUT2D eigenvalue weighted by Gasteiger charge is 2.37. The lowest BCUT2D eigenvalue weighted by Crippen LogP contribution is -2.40. The first-order valence-corrected chi connectivity index (χ1v) is 11.8. The summed E-state index contributed by atoms with van der Waals surface area (Å²) in [6.45, 7) is 2.79. The molecule has 0 radical (unpaired) electrons. The molecule has 2 fully saturated rings. The highest BCUT2D eigenvalue weighted by molar-refractivity contribution is 8.18. The van der Waals surface area contributed by atoms with Gasteiger partial charge in [0.1, 0.15) is 12.3 Å². The minimum atomic E-state index is -0.505. The van der Waals surface area contributed by atoms with E-state index in [0.29, 0.717) is 30.1 Å². The van der Waals surface area contributed by atoms with Gasteiger partial charge in [0, 0.05) is 24.3 Å². The average Bonchev–Trinajstić information content (AvgIpc) is 3.44. The molecule has 0 saturated carbocycles. The van der Waals surface area contributed by atoms with Crippen molar-refractivity contribution in [3.63, 3.8) is 0 Å². The second-order valence-electron chi connectivity index (χ2n) is 8.10. The topological polar surface area (TPSA) is 96.0 Å². The fourth-order valence-electron chi connectivity index (χ4n) is 3.77. The second-order valence-corrected chi connectivity index (χ2v) is 9.09. The third kappa shape index (κ3) is 5.66. The van der Waals surface area contributed by atoms with Crippen LogP contribution in [0, 0.1) is 6.92 Å². The van der Waals surface area contributed by atoms with Gasteiger partial charge >= 0.3 is 0 Å². The number of thioether (sulfide) groups is 1. The van der Waals surface area contributed by atoms with Crippen LogP contribution in [0.5, 0.6) is 5.75 Å². The number of aryl methyl sites for hydroxylation is 1. The lowest BCUT2D eigenvalue weighted by Gasteiger charge is -2.18. The number of hydrogen-bond acceptors (Lipinski definition) is 6. The number of benzene rings is 2. The van der Waals surface area contributed by atoms with E-state index >= 15 is 0 Å². The number of para-hydroxylation sites is 1. The van der Waals surface area contributed by atoms with Gasteiger partial charge in [0.05, 0.1) is 4.91 Å². The molecular formula is C25H25N3O5S. The normalized spacial score (nSPS) is 16.9. The van der Waals surface area contributed by atoms with Crippen molar-refractivity contribution < 1.29 is 23.9 Å². The van der Waals surface area contributed by atoms with Gasteiger partial charge in [-0.05, 0) is 61.4 Å². The van der Waals surface area contributed by atoms with Gasteiger partial charge in [-0.3, -0.25) is 24.1 Å². The lowest BCUT2D eigenvalue weighted by molar-refractivity contribution is -0.135. The van der Waals surface area contributed by atoms with E-state index < -0.39 is 11.1 Å². The Kier molecular flexibility index (Phi) is 7.32. The smallest absolute Gasteiger partial charge is 0.294 e. The first kappa shape index (κ1) is 23.6. The van der Waals surface area contributed by atoms with Crippen LogP contribution >= 0.6 is 11.8 Å². The Hall–Kier alpha value is -3.59. The number of carbonyl (C=O) groups excluding carboxylic acids is 4. The maximum absolute atomic E-state index is 12.8. The van der Waals surface area contributed by atoms with Crippen LogP contribution < -0.4 is 10.1 Å². The molecule has 8 nitrogen and oxygen atoms in total. The molecule has 2 heterocycles. The molecule has 2 aromatic carbocycles. The van der Waals surface area contributed by atoms with Gasteiger partial charge in [0.15, 0.2) is 6.61 Å². The zero-order valence-electron chi connectivity index (χ0n) is 18.8. The summed E-state index contributed by atoms with van der Waals surface area (Å²) < 4.78 is 5.70. The summed E-state index contributed by atoms with van der Waals surface area (Å²) in [6.07, 6.45) is 3.43. The van der Waals surface area contributed by atoms with E-state index in [1.165, 1.54) is 0 Å². The Labute approximate surface area is 201 Å². The van der Waals surface area contributed by atoms with Crippen LogP contribution in [0.25, 0.3) is 6.08 Å². The van der Waals surface area contributed by atoms with Gasteiger partial charge < -0.3 is 15.0 Å². The van der Waals surface area contributed by atoms with Gasteiger partial charge in [-0.25, -0.2) is 0 Å². The molecule has 1 N–H and O–H groups in total. The fraction of sp³-hybridized carbons (Fsp3) is 0.280. The van der Waals surface area contributed by atoms with Gasteiger partial charge in [-0.2, -0.15) is 0 Å². The largest absolute Gasteiger partial charge is 0.483 e. The molecule has 0 atom stereocenters. The Morgan fingerprint density at radius 3 is 2.62 bits per heavy atom. The number of ether oxygens (including phenoxy) is 1. The monoisotopic (exact) mass is 479 g/mol. The summed E-state index contributed by atoms with van der Waals surface area (Å²) in [7, 11) is 0. The molecule has 4 rings (SSSR count). The van der Waals surface area contributed by atoms with Crippen molar-refractivity contribution >= 4 is 46.5 Å². The molecule has 0 bridgehead atoms. The quantitative estimate of drug-likeness (QED) is 0.609. The van der Waals surface area contributed by atoms with E-state index in [2.05, 4.69) is 5.32 Å². The van der Waals surface area contributed by atoms with Crippen LogP contribution in [0.1, 0.15) is 24.0 Å². The molecule has 4 amide bonds. The molecule has 2 aromatic rings. The molecule has 2 aliphatic rings. The minimum absolute atomic E-state index is 0.208. The number of hydrogen-bond donors (Lipinski definition) is 1. The number of rotatable bonds is 7. The Morgan fingerprint density at radius 1 is 1.09 bits per heavy atom. The number of carbonyl (C=O) groups is 4. The number of imide groups is 1. The lowest BCUT2D eigenvalue weighted by atomic mass is 10.2. The molecule has 2 saturated heterocycles. The van der Waals surface area contributed by atoms with Crippen LogP contribution in [-0.2, 0) is 14.4 Å². The van der Waals surface area contributed by atoms with Crippen molar-refractivity contribution in [3.8, 4) is 5.75 Å². The third-order valence-corrected chi connectivity index (χ3v) is 6.40. The number of nitrogens with zero attached hydrogens (tertiary/aromatic N) is 2. The van der Waals surface area contributed by atoms with E-state index in [0.717, 1.165) is 35.1 Å². The summed E-state index contributed by atoms with van der Waals surface area (Å²) in [4.78, 5) is 52.8. The molecule has 34 heavy (non-hydrogen) atoms. The number of anilines is 1. The number of amides is 4. The van der Waals surface area contributed by atoms with Crippen molar-refractivity contribution in [2.45, 2.75) is 19.8 Å². The van der Waals surface area contributed by atoms with Gasteiger partial charge in [0.25, 0.3) is 17.1 Å². The maximum Gasteiger partial charge on any atom is 0.294 e. The summed E-state index contributed by atoms with van der Waals surface area (Å²) in [6, 6.07) is 14.4. The molecule has 0 spiro atoms. The summed E-state index contributed by atoms with van der Waals surface area (Å²) in [5.41, 5.74) is 2.27. The Balaban J connectivity index is 1.41. The average molecular weight is 480 g/mol. The molecule has 9 heteroatoms. The second kappa shape index (κ2) is 10.6. The van der Waals surface area contributed by atoms with Crippen LogP contribution in [0.15, 0.2) is 53.4 Å². The van der Waals surface area contributed by atoms with E-state index in [-0.39, 0.29) is 29.9 Å². The van der Waals surface area contributed by atoms with Crippen molar-refractivity contribution in [1.82, 2.24) is 9.80 Å². The SMILES string of the molecule is Cc1cccc(NC(=O)COc2ccccc2/C=C2\SC(=O)N(CC(=O)N3CCCC3)C2=O)c1. The van der Waals surface area contributed by atoms with Crippen LogP contribution in [0.3, 0.4) is 0 Å². The zero-order chi connectivity index (χ0) is 24.1. The van der Waals surface area contributed by atoms with E-state index in [1.807, 2.05) is 25.1 Å². The molecule has 176 valence electrons. The van der Waals surface area contributed by atoms with E-state index in [1.54, 1.807) is 41.3 Å². The predicted molar refractivity (Wildman–Crippen MR) is 130 cm³/mol. The molecule has 0 unspecified atom stereocenters. The minimum Gasteiger partial charge on any atom is -0.483 e. The Morgan fingerprint density at radius 2 is 1.85 bits per heavy atom. The van der Waals surface area contributed by atoms with Crippen LogP contribution in [0.2, 0.25) is 0 Å². The highest BCUT2D eigenvalue weighted by Crippen LogP contribution is 2.34. The summed E-state index contributed by atoms with van der Waals surface area (Å²) in [5.74, 6) is -0.637. The van der Waals surface area contributed by atoms with Crippen molar-refractivity contribution in [2.24, 2.45) is 0 Å². The summed E-state index contributed by atoms with van der Waals surface area (Å²) >= 11 is 0.790. The van der Waals surface area contributed by atoms with Gasteiger partial charge in [0.2, 0.25) is 5.91 Å². The fourth-order valence-corrected chi connectivity index (χ4v) is 4.60. The highest BCUT2D eigenvalue weighted by atomic mass is 32.2. The molecule has 0 aliphatic carbocycles. The maximum atomic E-state index is 12.8. The third-order valence-electron chi connectivity index (χ3n) is 5.49. The molecule has 2 aliphatic heterocycles. The van der Waals surface area contributed by atoms with Crippen molar-refractivity contribution in [2.75, 3.05) is 31.6 Å². The molecule has 0 aromatic heterocycles. The van der Waals surface area contributed by atoms with E-state index in [4.69, 9.17) is 4.74 Å². The van der Waals surface area contributed by atoms with Gasteiger partial charge in [-0.1, -0.05) is 30.3 Å². The summed E-state index contributed by atoms with van der Waals surface area (Å²) in [5, 5.41) is 2.31. The standard InChI is InChI=1S/C25H25N3O5S/c1-17-7-6-9-19(13-17)26-22(29)16-33-20-10-3-2-8-18(20)14-21-24(31)28(25(32)34-21)15-23(30)27-11-4-5-12-27/h2-3,6-10,13-14H,4-5,11-12,15-16H2,1H3,(H,26,29)/b21-14-.